The Morgan fingerprint density at radius 2 is 1.85 bits per heavy atom. The van der Waals surface area contributed by atoms with Gasteiger partial charge in [0.15, 0.2) is 11.5 Å². The minimum absolute atomic E-state index is 0.0773. The topological polar surface area (TPSA) is 82.4 Å². The van der Waals surface area contributed by atoms with Gasteiger partial charge in [-0.25, -0.2) is 0 Å². The Labute approximate surface area is 245 Å². The molecule has 0 N–H and O–H groups in total. The van der Waals surface area contributed by atoms with Crippen molar-refractivity contribution in [2.45, 2.75) is 13.3 Å². The monoisotopic (exact) mass is 593 g/mol. The molecule has 1 saturated heterocycles. The van der Waals surface area contributed by atoms with Gasteiger partial charge in [-0.3, -0.25) is 18.9 Å². The Bertz CT molecular complexity index is 1740. The quantitative estimate of drug-likeness (QED) is 0.184. The van der Waals surface area contributed by atoms with Crippen LogP contribution >= 0.6 is 35.6 Å². The number of benzene rings is 2. The van der Waals surface area contributed by atoms with E-state index in [1.54, 1.807) is 56.8 Å². The average molecular weight is 594 g/mol. The van der Waals surface area contributed by atoms with E-state index in [1.807, 2.05) is 25.1 Å². The third-order valence-electron chi connectivity index (χ3n) is 6.30. The molecular formula is C29H24ClN3O5S2. The van der Waals surface area contributed by atoms with Crippen LogP contribution < -0.4 is 19.8 Å². The molecule has 0 atom stereocenters. The number of hydrogen-bond donors (Lipinski definition) is 0. The summed E-state index contributed by atoms with van der Waals surface area (Å²) in [6.45, 7) is 2.21. The van der Waals surface area contributed by atoms with E-state index in [1.165, 1.54) is 15.4 Å². The smallest absolute Gasteiger partial charge is 0.269 e. The van der Waals surface area contributed by atoms with E-state index in [9.17, 15) is 9.59 Å². The molecule has 0 bridgehead atoms. The minimum atomic E-state index is -0.373. The van der Waals surface area contributed by atoms with Gasteiger partial charge in [-0.15, -0.1) is 0 Å². The normalized spacial score (nSPS) is 14.3. The fourth-order valence-corrected chi connectivity index (χ4v) is 5.58. The molecule has 1 aliphatic heterocycles. The second kappa shape index (κ2) is 11.7. The van der Waals surface area contributed by atoms with Gasteiger partial charge in [-0.05, 0) is 73.0 Å². The lowest BCUT2D eigenvalue weighted by Crippen LogP contribution is -2.30. The van der Waals surface area contributed by atoms with Crippen molar-refractivity contribution in [2.75, 3.05) is 20.8 Å². The van der Waals surface area contributed by atoms with Gasteiger partial charge in [0.2, 0.25) is 5.88 Å². The van der Waals surface area contributed by atoms with Gasteiger partial charge in [0.1, 0.15) is 21.3 Å². The molecule has 40 heavy (non-hydrogen) atoms. The molecule has 1 fully saturated rings. The zero-order valence-corrected chi connectivity index (χ0v) is 24.2. The predicted molar refractivity (Wildman–Crippen MR) is 161 cm³/mol. The predicted octanol–water partition coefficient (Wildman–Crippen LogP) is 5.91. The van der Waals surface area contributed by atoms with Crippen LogP contribution in [0.1, 0.15) is 16.7 Å². The maximum atomic E-state index is 13.5. The van der Waals surface area contributed by atoms with E-state index in [4.69, 9.17) is 38.0 Å². The molecule has 0 saturated carbocycles. The standard InChI is InChI=1S/C29H24ClN3O5S2/c1-17-14-19(8-9-21(17)30)38-26-20(27(34)32-12-5-4-6-25(32)31-26)16-24-28(35)33(29(39)40-24)13-11-18-7-10-22(36-2)23(15-18)37-3/h4-10,12,14-16H,11,13H2,1-3H3/b24-16+. The fraction of sp³-hybridized carbons (Fsp3) is 0.172. The maximum absolute atomic E-state index is 13.5. The summed E-state index contributed by atoms with van der Waals surface area (Å²) < 4.78 is 18.6. The number of thioether (sulfide) groups is 1. The van der Waals surface area contributed by atoms with E-state index >= 15 is 0 Å². The number of ether oxygens (including phenoxy) is 3. The van der Waals surface area contributed by atoms with Gasteiger partial charge in [-0.1, -0.05) is 47.7 Å². The number of methoxy groups -OCH3 is 2. The Kier molecular flexibility index (Phi) is 8.11. The van der Waals surface area contributed by atoms with Gasteiger partial charge in [-0.2, -0.15) is 4.98 Å². The molecule has 1 amide bonds. The fourth-order valence-electron chi connectivity index (χ4n) is 4.18. The van der Waals surface area contributed by atoms with Crippen LogP contribution in [0.2, 0.25) is 5.02 Å². The second-order valence-electron chi connectivity index (χ2n) is 8.85. The van der Waals surface area contributed by atoms with Gasteiger partial charge in [0, 0.05) is 17.8 Å². The third-order valence-corrected chi connectivity index (χ3v) is 8.10. The van der Waals surface area contributed by atoms with E-state index in [2.05, 4.69) is 4.98 Å². The first-order valence-corrected chi connectivity index (χ1v) is 13.8. The Morgan fingerprint density at radius 3 is 2.60 bits per heavy atom. The molecule has 4 aromatic rings. The van der Waals surface area contributed by atoms with E-state index < -0.39 is 0 Å². The van der Waals surface area contributed by atoms with Crippen molar-refractivity contribution in [1.29, 1.82) is 0 Å². The number of aryl methyl sites for hydroxylation is 1. The minimum Gasteiger partial charge on any atom is -0.493 e. The Balaban J connectivity index is 1.46. The molecule has 5 rings (SSSR count). The van der Waals surface area contributed by atoms with E-state index in [0.717, 1.165) is 22.9 Å². The molecule has 0 unspecified atom stereocenters. The zero-order chi connectivity index (χ0) is 28.4. The Morgan fingerprint density at radius 1 is 1.05 bits per heavy atom. The van der Waals surface area contributed by atoms with Crippen molar-refractivity contribution in [1.82, 2.24) is 14.3 Å². The largest absolute Gasteiger partial charge is 0.493 e. The summed E-state index contributed by atoms with van der Waals surface area (Å²) in [5, 5.41) is 0.593. The number of carbonyl (C=O) groups excluding carboxylic acids is 1. The summed E-state index contributed by atoms with van der Waals surface area (Å²) in [5.74, 6) is 1.49. The number of aromatic nitrogens is 2. The molecular weight excluding hydrogens is 570 g/mol. The van der Waals surface area contributed by atoms with Crippen molar-refractivity contribution in [2.24, 2.45) is 0 Å². The summed E-state index contributed by atoms with van der Waals surface area (Å²) in [7, 11) is 3.15. The molecule has 2 aromatic heterocycles. The van der Waals surface area contributed by atoms with Crippen LogP contribution in [0.25, 0.3) is 11.7 Å². The number of nitrogens with zero attached hydrogens (tertiary/aromatic N) is 3. The zero-order valence-electron chi connectivity index (χ0n) is 21.8. The molecule has 8 nitrogen and oxygen atoms in total. The first-order chi connectivity index (χ1) is 19.3. The summed E-state index contributed by atoms with van der Waals surface area (Å²) in [6.07, 6.45) is 3.67. The molecule has 11 heteroatoms. The van der Waals surface area contributed by atoms with Crippen LogP contribution in [-0.4, -0.2) is 45.3 Å². The first-order valence-electron chi connectivity index (χ1n) is 12.2. The number of thiocarbonyl (C=S) groups is 1. The van der Waals surface area contributed by atoms with E-state index in [-0.39, 0.29) is 22.9 Å². The highest BCUT2D eigenvalue weighted by atomic mass is 35.5. The lowest BCUT2D eigenvalue weighted by molar-refractivity contribution is -0.122. The van der Waals surface area contributed by atoms with Gasteiger partial charge < -0.3 is 14.2 Å². The van der Waals surface area contributed by atoms with Crippen LogP contribution in [0, 0.1) is 6.92 Å². The average Bonchev–Trinajstić information content (AvgIpc) is 3.22. The van der Waals surface area contributed by atoms with Crippen molar-refractivity contribution in [3.63, 3.8) is 0 Å². The molecule has 0 aliphatic carbocycles. The van der Waals surface area contributed by atoms with Crippen LogP contribution in [0.4, 0.5) is 0 Å². The molecule has 3 heterocycles. The second-order valence-corrected chi connectivity index (χ2v) is 10.9. The summed E-state index contributed by atoms with van der Waals surface area (Å²) in [6, 6.07) is 16.0. The van der Waals surface area contributed by atoms with Crippen molar-refractivity contribution < 1.29 is 19.0 Å². The number of rotatable bonds is 8. The van der Waals surface area contributed by atoms with Crippen molar-refractivity contribution >= 4 is 57.5 Å². The highest BCUT2D eigenvalue weighted by molar-refractivity contribution is 8.26. The summed E-state index contributed by atoms with van der Waals surface area (Å²) in [5.41, 5.74) is 1.95. The SMILES string of the molecule is COc1ccc(CCN2C(=O)/C(=C\c3c(Oc4ccc(Cl)c(C)c4)nc4ccccn4c3=O)SC2=S)cc1OC. The van der Waals surface area contributed by atoms with Crippen LogP contribution in [0.15, 0.2) is 70.5 Å². The summed E-state index contributed by atoms with van der Waals surface area (Å²) in [4.78, 5) is 33.3. The van der Waals surface area contributed by atoms with Crippen molar-refractivity contribution in [3.8, 4) is 23.1 Å². The first kappa shape index (κ1) is 27.7. The molecule has 0 radical (unpaired) electrons. The maximum Gasteiger partial charge on any atom is 0.269 e. The number of amides is 1. The number of carbonyl (C=O) groups is 1. The third kappa shape index (κ3) is 5.56. The van der Waals surface area contributed by atoms with Gasteiger partial charge in [0.25, 0.3) is 11.5 Å². The van der Waals surface area contributed by atoms with E-state index in [0.29, 0.717) is 50.1 Å². The molecule has 1 aliphatic rings. The Hall–Kier alpha value is -3.86. The lowest BCUT2D eigenvalue weighted by atomic mass is 10.1. The molecule has 204 valence electrons. The highest BCUT2D eigenvalue weighted by Crippen LogP contribution is 2.35. The highest BCUT2D eigenvalue weighted by Gasteiger charge is 2.32. The lowest BCUT2D eigenvalue weighted by Gasteiger charge is -2.15. The number of hydrogen-bond acceptors (Lipinski definition) is 8. The summed E-state index contributed by atoms with van der Waals surface area (Å²) >= 11 is 12.8. The van der Waals surface area contributed by atoms with Gasteiger partial charge >= 0.3 is 0 Å². The number of halogens is 1. The van der Waals surface area contributed by atoms with Gasteiger partial charge in [0.05, 0.1) is 19.1 Å². The van der Waals surface area contributed by atoms with Crippen LogP contribution in [0.5, 0.6) is 23.1 Å². The van der Waals surface area contributed by atoms with Crippen LogP contribution in [0.3, 0.4) is 0 Å². The molecule has 0 spiro atoms. The van der Waals surface area contributed by atoms with Crippen LogP contribution in [-0.2, 0) is 11.2 Å². The number of fused-ring (bicyclic) bond motifs is 1. The molecule has 2 aromatic carbocycles. The number of pyridine rings is 1. The van der Waals surface area contributed by atoms with Crippen molar-refractivity contribution in [3.05, 3.63) is 97.8 Å².